The van der Waals surface area contributed by atoms with Crippen molar-refractivity contribution in [2.24, 2.45) is 0 Å². The highest BCUT2D eigenvalue weighted by atomic mass is 32.2. The minimum Gasteiger partial charge on any atom is -0.495 e. The Morgan fingerprint density at radius 1 is 1.24 bits per heavy atom. The fraction of sp³-hybridized carbons (Fsp3) is 0.533. The highest BCUT2D eigenvalue weighted by Gasteiger charge is 2.43. The van der Waals surface area contributed by atoms with E-state index in [1.54, 1.807) is 18.2 Å². The van der Waals surface area contributed by atoms with Crippen molar-refractivity contribution in [1.82, 2.24) is 4.31 Å². The molecule has 0 atom stereocenters. The average molecular weight is 308 g/mol. The highest BCUT2D eigenvalue weighted by molar-refractivity contribution is 7.89. The Hall–Kier alpha value is -1.58. The molecular formula is C15H20N2O3S. The topological polar surface area (TPSA) is 70.4 Å². The number of nitrogens with zero attached hydrogens (tertiary/aromatic N) is 2. The summed E-state index contributed by atoms with van der Waals surface area (Å²) in [6.45, 7) is 0. The van der Waals surface area contributed by atoms with Gasteiger partial charge in [-0.3, -0.25) is 0 Å². The highest BCUT2D eigenvalue weighted by Crippen LogP contribution is 2.37. The summed E-state index contributed by atoms with van der Waals surface area (Å²) in [5.41, 5.74) is -0.946. The summed E-state index contributed by atoms with van der Waals surface area (Å²) < 4.78 is 32.1. The maximum atomic E-state index is 12.9. The van der Waals surface area contributed by atoms with Crippen LogP contribution in [0.5, 0.6) is 5.75 Å². The number of hydrogen-bond donors (Lipinski definition) is 0. The first kappa shape index (κ1) is 15.8. The fourth-order valence-electron chi connectivity index (χ4n) is 2.84. The molecule has 1 aliphatic carbocycles. The van der Waals surface area contributed by atoms with Crippen LogP contribution in [0, 0.1) is 11.3 Å². The van der Waals surface area contributed by atoms with Crippen LogP contribution < -0.4 is 4.74 Å². The quantitative estimate of drug-likeness (QED) is 0.857. The lowest BCUT2D eigenvalue weighted by Gasteiger charge is -2.38. The van der Waals surface area contributed by atoms with E-state index in [9.17, 15) is 13.7 Å². The van der Waals surface area contributed by atoms with Gasteiger partial charge in [-0.25, -0.2) is 8.42 Å². The van der Waals surface area contributed by atoms with E-state index in [1.807, 2.05) is 0 Å². The second kappa shape index (κ2) is 6.04. The molecule has 114 valence electrons. The summed E-state index contributed by atoms with van der Waals surface area (Å²) in [5, 5.41) is 9.56. The predicted octanol–water partition coefficient (Wildman–Crippen LogP) is 2.54. The predicted molar refractivity (Wildman–Crippen MR) is 79.4 cm³/mol. The molecule has 2 rings (SSSR count). The molecule has 0 spiro atoms. The first-order valence-electron chi connectivity index (χ1n) is 7.01. The number of sulfonamides is 1. The number of rotatable bonds is 4. The van der Waals surface area contributed by atoms with Crippen LogP contribution in [0.15, 0.2) is 29.2 Å². The van der Waals surface area contributed by atoms with Gasteiger partial charge < -0.3 is 4.74 Å². The molecule has 0 bridgehead atoms. The molecule has 0 amide bonds. The zero-order valence-electron chi connectivity index (χ0n) is 12.4. The molecule has 0 saturated heterocycles. The van der Waals surface area contributed by atoms with Crippen LogP contribution in [0.25, 0.3) is 0 Å². The van der Waals surface area contributed by atoms with Gasteiger partial charge in [0.2, 0.25) is 10.0 Å². The number of para-hydroxylation sites is 1. The summed E-state index contributed by atoms with van der Waals surface area (Å²) in [6, 6.07) is 8.74. The summed E-state index contributed by atoms with van der Waals surface area (Å²) in [6.07, 6.45) is 3.95. The third kappa shape index (κ3) is 2.76. The van der Waals surface area contributed by atoms with Crippen molar-refractivity contribution >= 4 is 10.0 Å². The SMILES string of the molecule is COc1ccccc1S(=O)(=O)N(C)C1(C#N)CCCCC1. The lowest BCUT2D eigenvalue weighted by molar-refractivity contribution is 0.212. The van der Waals surface area contributed by atoms with E-state index < -0.39 is 15.6 Å². The Morgan fingerprint density at radius 3 is 2.43 bits per heavy atom. The van der Waals surface area contributed by atoms with Crippen molar-refractivity contribution < 1.29 is 13.2 Å². The minimum absolute atomic E-state index is 0.107. The Morgan fingerprint density at radius 2 is 1.86 bits per heavy atom. The number of ether oxygens (including phenoxy) is 1. The summed E-state index contributed by atoms with van der Waals surface area (Å²) >= 11 is 0. The van der Waals surface area contributed by atoms with Crippen LogP contribution in [0.4, 0.5) is 0 Å². The van der Waals surface area contributed by atoms with E-state index in [-0.39, 0.29) is 4.90 Å². The van der Waals surface area contributed by atoms with E-state index in [2.05, 4.69) is 6.07 Å². The van der Waals surface area contributed by atoms with Crippen molar-refractivity contribution in [3.63, 3.8) is 0 Å². The van der Waals surface area contributed by atoms with Crippen molar-refractivity contribution in [1.29, 1.82) is 5.26 Å². The van der Waals surface area contributed by atoms with E-state index in [0.29, 0.717) is 18.6 Å². The lowest BCUT2D eigenvalue weighted by atomic mass is 9.83. The fourth-order valence-corrected chi connectivity index (χ4v) is 4.48. The molecule has 0 radical (unpaired) electrons. The molecule has 1 fully saturated rings. The van der Waals surface area contributed by atoms with Crippen LogP contribution in [0.3, 0.4) is 0 Å². The van der Waals surface area contributed by atoms with Crippen LogP contribution in [0.1, 0.15) is 32.1 Å². The molecule has 1 aromatic rings. The molecule has 0 aliphatic heterocycles. The Balaban J connectivity index is 2.45. The molecule has 0 aromatic heterocycles. The van der Waals surface area contributed by atoms with Gasteiger partial charge in [-0.1, -0.05) is 31.4 Å². The molecule has 6 heteroatoms. The molecule has 1 aliphatic rings. The zero-order valence-corrected chi connectivity index (χ0v) is 13.2. The van der Waals surface area contributed by atoms with Crippen molar-refractivity contribution in [3.05, 3.63) is 24.3 Å². The maximum absolute atomic E-state index is 12.9. The van der Waals surface area contributed by atoms with Gasteiger partial charge in [0.05, 0.1) is 13.2 Å². The molecule has 1 saturated carbocycles. The zero-order chi connectivity index (χ0) is 15.5. The van der Waals surface area contributed by atoms with Crippen LogP contribution in [-0.4, -0.2) is 32.4 Å². The Labute approximate surface area is 126 Å². The van der Waals surface area contributed by atoms with Gasteiger partial charge in [-0.05, 0) is 25.0 Å². The smallest absolute Gasteiger partial charge is 0.247 e. The van der Waals surface area contributed by atoms with Crippen LogP contribution >= 0.6 is 0 Å². The van der Waals surface area contributed by atoms with Gasteiger partial charge in [0.1, 0.15) is 16.2 Å². The first-order chi connectivity index (χ1) is 9.98. The second-order valence-electron chi connectivity index (χ2n) is 5.33. The van der Waals surface area contributed by atoms with Gasteiger partial charge in [0.25, 0.3) is 0 Å². The molecule has 5 nitrogen and oxygen atoms in total. The molecule has 1 aromatic carbocycles. The Bertz CT molecular complexity index is 643. The van der Waals surface area contributed by atoms with Gasteiger partial charge in [-0.2, -0.15) is 9.57 Å². The third-order valence-electron chi connectivity index (χ3n) is 4.20. The lowest BCUT2D eigenvalue weighted by Crippen LogP contribution is -2.49. The monoisotopic (exact) mass is 308 g/mol. The Kier molecular flexibility index (Phi) is 4.55. The van der Waals surface area contributed by atoms with Crippen molar-refractivity contribution in [2.45, 2.75) is 42.5 Å². The van der Waals surface area contributed by atoms with Crippen molar-refractivity contribution in [3.8, 4) is 11.8 Å². The normalized spacial score (nSPS) is 18.2. The van der Waals surface area contributed by atoms with Crippen molar-refractivity contribution in [2.75, 3.05) is 14.2 Å². The van der Waals surface area contributed by atoms with Crippen LogP contribution in [0.2, 0.25) is 0 Å². The number of methoxy groups -OCH3 is 1. The standard InChI is InChI=1S/C15H20N2O3S/c1-17(15(12-16)10-6-3-7-11-15)21(18,19)14-9-5-4-8-13(14)20-2/h4-5,8-9H,3,6-7,10-11H2,1-2H3. The molecule has 0 unspecified atom stereocenters. The van der Waals surface area contributed by atoms with E-state index in [1.165, 1.54) is 24.5 Å². The molecular weight excluding hydrogens is 288 g/mol. The summed E-state index contributed by atoms with van der Waals surface area (Å²) in [7, 11) is -0.830. The number of hydrogen-bond acceptors (Lipinski definition) is 4. The number of nitriles is 1. The van der Waals surface area contributed by atoms with Gasteiger partial charge in [0.15, 0.2) is 0 Å². The first-order valence-corrected chi connectivity index (χ1v) is 8.45. The van der Waals surface area contributed by atoms with Crippen LogP contribution in [-0.2, 0) is 10.0 Å². The molecule has 0 N–H and O–H groups in total. The average Bonchev–Trinajstić information content (AvgIpc) is 2.54. The minimum atomic E-state index is -3.77. The molecule has 0 heterocycles. The largest absolute Gasteiger partial charge is 0.495 e. The molecule has 21 heavy (non-hydrogen) atoms. The van der Waals surface area contributed by atoms with Gasteiger partial charge in [-0.15, -0.1) is 0 Å². The summed E-state index contributed by atoms with van der Waals surface area (Å²) in [5.74, 6) is 0.299. The second-order valence-corrected chi connectivity index (χ2v) is 7.27. The maximum Gasteiger partial charge on any atom is 0.247 e. The van der Waals surface area contributed by atoms with E-state index in [4.69, 9.17) is 4.74 Å². The third-order valence-corrected chi connectivity index (χ3v) is 6.16. The summed E-state index contributed by atoms with van der Waals surface area (Å²) in [4.78, 5) is 0.107. The van der Waals surface area contributed by atoms with Gasteiger partial charge >= 0.3 is 0 Å². The number of benzene rings is 1. The van der Waals surface area contributed by atoms with Gasteiger partial charge in [0, 0.05) is 7.05 Å². The van der Waals surface area contributed by atoms with E-state index >= 15 is 0 Å². The van der Waals surface area contributed by atoms with E-state index in [0.717, 1.165) is 19.3 Å².